The average Bonchev–Trinajstić information content (AvgIpc) is 2.16. The molecule has 0 radical (unpaired) electrons. The van der Waals surface area contributed by atoms with Gasteiger partial charge in [-0.05, 0) is 18.9 Å². The number of pyridine rings is 1. The fourth-order valence-electron chi connectivity index (χ4n) is 1.50. The first-order chi connectivity index (χ1) is 6.36. The van der Waals surface area contributed by atoms with Crippen molar-refractivity contribution in [3.63, 3.8) is 0 Å². The Bertz CT molecular complexity index is 243. The van der Waals surface area contributed by atoms with Gasteiger partial charge in [-0.15, -0.1) is 0 Å². The highest BCUT2D eigenvalue weighted by atomic mass is 14.9. The molecule has 1 aromatic rings. The van der Waals surface area contributed by atoms with Crippen LogP contribution in [0, 0.1) is 0 Å². The lowest BCUT2D eigenvalue weighted by Crippen LogP contribution is -2.32. The summed E-state index contributed by atoms with van der Waals surface area (Å²) in [6.45, 7) is 5.59. The average molecular weight is 178 g/mol. The lowest BCUT2D eigenvalue weighted by molar-refractivity contribution is -0.697. The number of nitrogens with zero attached hydrogens (tertiary/aromatic N) is 1. The second-order valence-corrected chi connectivity index (χ2v) is 3.55. The lowest BCUT2D eigenvalue weighted by Gasteiger charge is -1.98. The second kappa shape index (κ2) is 5.74. The molecule has 1 heteroatoms. The topological polar surface area (TPSA) is 3.88 Å². The van der Waals surface area contributed by atoms with E-state index in [9.17, 15) is 0 Å². The highest BCUT2D eigenvalue weighted by Gasteiger charge is 2.00. The molecule has 0 unspecified atom stereocenters. The molecule has 13 heavy (non-hydrogen) atoms. The van der Waals surface area contributed by atoms with Crippen LogP contribution in [0.2, 0.25) is 0 Å². The third-order valence-corrected chi connectivity index (χ3v) is 2.22. The third kappa shape index (κ3) is 3.58. The van der Waals surface area contributed by atoms with Crippen molar-refractivity contribution in [2.75, 3.05) is 0 Å². The Morgan fingerprint density at radius 2 is 2.08 bits per heavy atom. The molecule has 1 nitrogen and oxygen atoms in total. The fourth-order valence-corrected chi connectivity index (χ4v) is 1.50. The molecule has 0 aliphatic carbocycles. The van der Waals surface area contributed by atoms with E-state index in [-0.39, 0.29) is 0 Å². The van der Waals surface area contributed by atoms with Crippen molar-refractivity contribution in [1.29, 1.82) is 0 Å². The molecule has 72 valence electrons. The number of hydrogen-bond donors (Lipinski definition) is 0. The largest absolute Gasteiger partial charge is 0.205 e. The number of aryl methyl sites for hydroxylation is 2. The minimum atomic E-state index is 1.14. The lowest BCUT2D eigenvalue weighted by atomic mass is 10.1. The van der Waals surface area contributed by atoms with Gasteiger partial charge in [0.1, 0.15) is 6.54 Å². The fraction of sp³-hybridized carbons (Fsp3) is 0.583. The first-order valence-corrected chi connectivity index (χ1v) is 5.34. The summed E-state index contributed by atoms with van der Waals surface area (Å²) in [6, 6.07) is 4.38. The maximum absolute atomic E-state index is 2.28. The molecule has 0 bridgehead atoms. The minimum absolute atomic E-state index is 1.14. The van der Waals surface area contributed by atoms with Gasteiger partial charge in [0.05, 0.1) is 0 Å². The van der Waals surface area contributed by atoms with Crippen LogP contribution in [-0.4, -0.2) is 0 Å². The van der Waals surface area contributed by atoms with Gasteiger partial charge in [0.2, 0.25) is 0 Å². The van der Waals surface area contributed by atoms with Crippen molar-refractivity contribution in [3.8, 4) is 0 Å². The summed E-state index contributed by atoms with van der Waals surface area (Å²) >= 11 is 0. The number of hydrogen-bond acceptors (Lipinski definition) is 0. The van der Waals surface area contributed by atoms with Crippen LogP contribution in [-0.2, 0) is 13.0 Å². The van der Waals surface area contributed by atoms with E-state index in [4.69, 9.17) is 0 Å². The zero-order valence-electron chi connectivity index (χ0n) is 8.79. The van der Waals surface area contributed by atoms with Crippen LogP contribution in [0.5, 0.6) is 0 Å². The van der Waals surface area contributed by atoms with Gasteiger partial charge in [-0.2, -0.15) is 0 Å². The van der Waals surface area contributed by atoms with E-state index in [0.29, 0.717) is 0 Å². The summed E-state index contributed by atoms with van der Waals surface area (Å²) in [4.78, 5) is 0. The van der Waals surface area contributed by atoms with E-state index in [1.54, 1.807) is 0 Å². The van der Waals surface area contributed by atoms with Gasteiger partial charge in [-0.3, -0.25) is 0 Å². The Hall–Kier alpha value is -0.850. The zero-order valence-corrected chi connectivity index (χ0v) is 8.79. The van der Waals surface area contributed by atoms with Crippen LogP contribution >= 0.6 is 0 Å². The first kappa shape index (κ1) is 10.2. The molecule has 0 atom stereocenters. The quantitative estimate of drug-likeness (QED) is 0.610. The monoisotopic (exact) mass is 178 g/mol. The molecule has 1 aromatic heterocycles. The summed E-state index contributed by atoms with van der Waals surface area (Å²) in [5.41, 5.74) is 1.47. The van der Waals surface area contributed by atoms with Crippen molar-refractivity contribution in [1.82, 2.24) is 0 Å². The smallest absolute Gasteiger partial charge is 0.171 e. The summed E-state index contributed by atoms with van der Waals surface area (Å²) in [7, 11) is 0. The number of aromatic nitrogens is 1. The Labute approximate surface area is 81.4 Å². The summed E-state index contributed by atoms with van der Waals surface area (Å²) in [5.74, 6) is 0. The van der Waals surface area contributed by atoms with E-state index in [1.807, 2.05) is 0 Å². The zero-order chi connectivity index (χ0) is 9.52. The van der Waals surface area contributed by atoms with Gasteiger partial charge < -0.3 is 0 Å². The Morgan fingerprint density at radius 1 is 1.23 bits per heavy atom. The highest BCUT2D eigenvalue weighted by molar-refractivity contribution is 5.05. The maximum atomic E-state index is 2.28. The first-order valence-electron chi connectivity index (χ1n) is 5.34. The summed E-state index contributed by atoms with van der Waals surface area (Å²) < 4.78 is 2.28. The molecule has 0 aromatic carbocycles. The second-order valence-electron chi connectivity index (χ2n) is 3.55. The van der Waals surface area contributed by atoms with Gasteiger partial charge >= 0.3 is 0 Å². The normalized spacial score (nSPS) is 10.3. The minimum Gasteiger partial charge on any atom is -0.205 e. The van der Waals surface area contributed by atoms with Crippen molar-refractivity contribution in [3.05, 3.63) is 30.1 Å². The highest BCUT2D eigenvalue weighted by Crippen LogP contribution is 2.01. The maximum Gasteiger partial charge on any atom is 0.171 e. The van der Waals surface area contributed by atoms with Crippen molar-refractivity contribution < 1.29 is 4.57 Å². The van der Waals surface area contributed by atoms with E-state index in [0.717, 1.165) is 6.54 Å². The predicted molar refractivity (Wildman–Crippen MR) is 55.5 cm³/mol. The van der Waals surface area contributed by atoms with Crippen molar-refractivity contribution in [2.45, 2.75) is 46.1 Å². The van der Waals surface area contributed by atoms with Crippen LogP contribution in [0.15, 0.2) is 24.5 Å². The van der Waals surface area contributed by atoms with E-state index in [1.165, 1.54) is 31.2 Å². The molecule has 0 N–H and O–H groups in total. The molecule has 0 saturated heterocycles. The molecule has 0 aliphatic heterocycles. The van der Waals surface area contributed by atoms with Gasteiger partial charge in [-0.25, -0.2) is 4.57 Å². The Balaban J connectivity index is 2.56. The number of unbranched alkanes of at least 4 members (excludes halogenated alkanes) is 1. The molecule has 0 fully saturated rings. The van der Waals surface area contributed by atoms with Crippen molar-refractivity contribution >= 4 is 0 Å². The van der Waals surface area contributed by atoms with Crippen LogP contribution < -0.4 is 4.57 Å². The Kier molecular flexibility index (Phi) is 4.52. The molecule has 0 saturated carbocycles. The predicted octanol–water partition coefficient (Wildman–Crippen LogP) is 2.73. The van der Waals surface area contributed by atoms with Crippen LogP contribution in [0.1, 0.15) is 38.7 Å². The summed E-state index contributed by atoms with van der Waals surface area (Å²) in [6.07, 6.45) is 9.44. The van der Waals surface area contributed by atoms with Crippen LogP contribution in [0.4, 0.5) is 0 Å². The van der Waals surface area contributed by atoms with Gasteiger partial charge in [-0.1, -0.05) is 20.3 Å². The standard InChI is InChI=1S/C12H20N/c1-3-5-7-12-8-6-10-13(11-12)9-4-2/h6,8,10-11H,3-5,7,9H2,1-2H3/q+1. The molecule has 1 rings (SSSR count). The molecule has 0 spiro atoms. The van der Waals surface area contributed by atoms with Crippen LogP contribution in [0.25, 0.3) is 0 Å². The molecular weight excluding hydrogens is 158 g/mol. The van der Waals surface area contributed by atoms with Gasteiger partial charge in [0, 0.05) is 18.1 Å². The van der Waals surface area contributed by atoms with Crippen molar-refractivity contribution in [2.24, 2.45) is 0 Å². The Morgan fingerprint density at radius 3 is 2.77 bits per heavy atom. The molecular formula is C12H20N+. The number of rotatable bonds is 5. The summed E-state index contributed by atoms with van der Waals surface area (Å²) in [5, 5.41) is 0. The van der Waals surface area contributed by atoms with E-state index >= 15 is 0 Å². The van der Waals surface area contributed by atoms with E-state index < -0.39 is 0 Å². The third-order valence-electron chi connectivity index (χ3n) is 2.22. The van der Waals surface area contributed by atoms with Crippen LogP contribution in [0.3, 0.4) is 0 Å². The van der Waals surface area contributed by atoms with E-state index in [2.05, 4.69) is 42.9 Å². The van der Waals surface area contributed by atoms with Gasteiger partial charge in [0.25, 0.3) is 0 Å². The molecule has 1 heterocycles. The van der Waals surface area contributed by atoms with Gasteiger partial charge in [0.15, 0.2) is 12.4 Å². The SMILES string of the molecule is CCCCc1ccc[n+](CCC)c1. The molecule has 0 amide bonds. The molecule has 0 aliphatic rings.